The van der Waals surface area contributed by atoms with E-state index in [0.717, 1.165) is 12.1 Å². The van der Waals surface area contributed by atoms with Gasteiger partial charge in [0, 0.05) is 28.8 Å². The van der Waals surface area contributed by atoms with Crippen molar-refractivity contribution < 1.29 is 5.11 Å². The molecular weight excluding hydrogens is 332 g/mol. The van der Waals surface area contributed by atoms with E-state index in [1.165, 1.54) is 58.1 Å². The predicted molar refractivity (Wildman–Crippen MR) is 114 cm³/mol. The second-order valence-corrected chi connectivity index (χ2v) is 8.05. The number of rotatable bonds is 5. The zero-order chi connectivity index (χ0) is 19.0. The van der Waals surface area contributed by atoms with Gasteiger partial charge < -0.3 is 15.0 Å². The fourth-order valence-corrected chi connectivity index (χ4v) is 4.40. The van der Waals surface area contributed by atoms with Crippen LogP contribution in [0, 0.1) is 20.8 Å². The molecule has 4 rings (SSSR count). The summed E-state index contributed by atoms with van der Waals surface area (Å²) in [5.41, 5.74) is 9.18. The Bertz CT molecular complexity index is 970. The Morgan fingerprint density at radius 2 is 1.89 bits per heavy atom. The molecule has 0 unspecified atom stereocenters. The number of aliphatic hydroxyl groups is 1. The van der Waals surface area contributed by atoms with Gasteiger partial charge in [0.1, 0.15) is 0 Å². The topological polar surface area (TPSA) is 37.2 Å². The highest BCUT2D eigenvalue weighted by Crippen LogP contribution is 2.33. The van der Waals surface area contributed by atoms with Gasteiger partial charge in [0.05, 0.1) is 12.6 Å². The standard InChI is InChI=1S/C24H30N2O/c1-16-11-12-24-21(13-16)20-8-4-5-10-23(20)26(24)15-19(27)14-25-22-9-6-7-17(2)18(22)3/h6-7,9,11-13,19,25,27H,4-5,8,10,14-15H2,1-3H3/t19-/m1/s1. The summed E-state index contributed by atoms with van der Waals surface area (Å²) in [6, 6.07) is 13.0. The lowest BCUT2D eigenvalue weighted by molar-refractivity contribution is 0.167. The van der Waals surface area contributed by atoms with Crippen LogP contribution in [-0.2, 0) is 19.4 Å². The lowest BCUT2D eigenvalue weighted by Gasteiger charge is -2.20. The number of nitrogens with one attached hydrogen (secondary N) is 1. The number of aliphatic hydroxyl groups excluding tert-OH is 1. The summed E-state index contributed by atoms with van der Waals surface area (Å²) in [4.78, 5) is 0. The van der Waals surface area contributed by atoms with Crippen LogP contribution in [0.25, 0.3) is 10.9 Å². The first-order chi connectivity index (χ1) is 13.0. The van der Waals surface area contributed by atoms with Crippen LogP contribution < -0.4 is 5.32 Å². The Labute approximate surface area is 162 Å². The average molecular weight is 363 g/mol. The molecule has 1 aromatic heterocycles. The number of nitrogens with zero attached hydrogens (tertiary/aromatic N) is 1. The molecule has 0 amide bonds. The second kappa shape index (κ2) is 7.40. The van der Waals surface area contributed by atoms with Gasteiger partial charge in [0.25, 0.3) is 0 Å². The first-order valence-corrected chi connectivity index (χ1v) is 10.1. The van der Waals surface area contributed by atoms with Gasteiger partial charge in [-0.25, -0.2) is 0 Å². The van der Waals surface area contributed by atoms with E-state index < -0.39 is 6.10 Å². The summed E-state index contributed by atoms with van der Waals surface area (Å²) < 4.78 is 2.37. The average Bonchev–Trinajstić information content (AvgIpc) is 2.96. The molecule has 2 N–H and O–H groups in total. The summed E-state index contributed by atoms with van der Waals surface area (Å²) in [6.07, 6.45) is 4.39. The van der Waals surface area contributed by atoms with Crippen LogP contribution in [0.2, 0.25) is 0 Å². The lowest BCUT2D eigenvalue weighted by Crippen LogP contribution is -2.26. The van der Waals surface area contributed by atoms with Gasteiger partial charge in [-0.05, 0) is 81.3 Å². The Hall–Kier alpha value is -2.26. The van der Waals surface area contributed by atoms with E-state index in [-0.39, 0.29) is 0 Å². The summed E-state index contributed by atoms with van der Waals surface area (Å²) in [5.74, 6) is 0. The van der Waals surface area contributed by atoms with E-state index in [1.54, 1.807) is 0 Å². The second-order valence-electron chi connectivity index (χ2n) is 8.05. The van der Waals surface area contributed by atoms with Gasteiger partial charge in [0.2, 0.25) is 0 Å². The molecule has 0 saturated carbocycles. The van der Waals surface area contributed by atoms with Crippen molar-refractivity contribution in [1.29, 1.82) is 0 Å². The van der Waals surface area contributed by atoms with Gasteiger partial charge in [-0.2, -0.15) is 0 Å². The molecule has 27 heavy (non-hydrogen) atoms. The zero-order valence-electron chi connectivity index (χ0n) is 16.7. The number of anilines is 1. The Kier molecular flexibility index (Phi) is 4.96. The van der Waals surface area contributed by atoms with Crippen molar-refractivity contribution in [2.24, 2.45) is 0 Å². The maximum absolute atomic E-state index is 10.8. The summed E-state index contributed by atoms with van der Waals surface area (Å²) in [7, 11) is 0. The number of hydrogen-bond acceptors (Lipinski definition) is 2. The van der Waals surface area contributed by atoms with Crippen LogP contribution in [0.4, 0.5) is 5.69 Å². The molecule has 3 aromatic rings. The van der Waals surface area contributed by atoms with Crippen LogP contribution >= 0.6 is 0 Å². The van der Waals surface area contributed by atoms with Crippen LogP contribution in [0.15, 0.2) is 36.4 Å². The fraction of sp³-hybridized carbons (Fsp3) is 0.417. The van der Waals surface area contributed by atoms with Gasteiger partial charge in [-0.15, -0.1) is 0 Å². The molecule has 142 valence electrons. The summed E-state index contributed by atoms with van der Waals surface area (Å²) >= 11 is 0. The maximum atomic E-state index is 10.8. The Balaban J connectivity index is 1.57. The molecule has 2 aromatic carbocycles. The van der Waals surface area contributed by atoms with E-state index in [4.69, 9.17) is 0 Å². The third-order valence-electron chi connectivity index (χ3n) is 6.06. The predicted octanol–water partition coefficient (Wildman–Crippen LogP) is 4.92. The quantitative estimate of drug-likeness (QED) is 0.676. The molecule has 1 heterocycles. The largest absolute Gasteiger partial charge is 0.389 e. The van der Waals surface area contributed by atoms with Crippen LogP contribution in [0.3, 0.4) is 0 Å². The molecule has 3 nitrogen and oxygen atoms in total. The minimum atomic E-state index is -0.423. The number of benzene rings is 2. The summed E-state index contributed by atoms with van der Waals surface area (Å²) in [6.45, 7) is 7.62. The van der Waals surface area contributed by atoms with Crippen molar-refractivity contribution >= 4 is 16.6 Å². The number of hydrogen-bond donors (Lipinski definition) is 2. The highest BCUT2D eigenvalue weighted by Gasteiger charge is 2.21. The molecule has 1 atom stereocenters. The third kappa shape index (κ3) is 3.49. The van der Waals surface area contributed by atoms with E-state index >= 15 is 0 Å². The van der Waals surface area contributed by atoms with Crippen molar-refractivity contribution in [3.63, 3.8) is 0 Å². The Morgan fingerprint density at radius 1 is 1.07 bits per heavy atom. The van der Waals surface area contributed by atoms with Crippen molar-refractivity contribution in [1.82, 2.24) is 4.57 Å². The van der Waals surface area contributed by atoms with Crippen molar-refractivity contribution in [2.45, 2.75) is 59.1 Å². The SMILES string of the molecule is Cc1ccc2c(c1)c1c(n2C[C@H](O)CNc2cccc(C)c2C)CCCC1. The molecule has 0 radical (unpaired) electrons. The molecule has 0 spiro atoms. The van der Waals surface area contributed by atoms with Crippen molar-refractivity contribution in [3.05, 3.63) is 64.3 Å². The Morgan fingerprint density at radius 3 is 2.74 bits per heavy atom. The zero-order valence-corrected chi connectivity index (χ0v) is 16.7. The molecule has 0 aliphatic heterocycles. The summed E-state index contributed by atoms with van der Waals surface area (Å²) in [5, 5.41) is 15.6. The van der Waals surface area contributed by atoms with Crippen LogP contribution in [-0.4, -0.2) is 22.3 Å². The molecule has 0 fully saturated rings. The minimum Gasteiger partial charge on any atom is -0.389 e. The molecule has 3 heteroatoms. The van der Waals surface area contributed by atoms with Crippen LogP contribution in [0.5, 0.6) is 0 Å². The van der Waals surface area contributed by atoms with E-state index in [2.05, 4.69) is 67.1 Å². The molecule has 1 aliphatic carbocycles. The van der Waals surface area contributed by atoms with Gasteiger partial charge in [-0.3, -0.25) is 0 Å². The molecule has 1 aliphatic rings. The van der Waals surface area contributed by atoms with E-state index in [0.29, 0.717) is 13.1 Å². The molecular formula is C24H30N2O. The lowest BCUT2D eigenvalue weighted by atomic mass is 9.95. The first-order valence-electron chi connectivity index (χ1n) is 10.1. The van der Waals surface area contributed by atoms with Gasteiger partial charge in [0.15, 0.2) is 0 Å². The van der Waals surface area contributed by atoms with Crippen molar-refractivity contribution in [3.8, 4) is 0 Å². The fourth-order valence-electron chi connectivity index (χ4n) is 4.40. The highest BCUT2D eigenvalue weighted by molar-refractivity contribution is 5.86. The first kappa shape index (κ1) is 18.1. The van der Waals surface area contributed by atoms with E-state index in [1.807, 2.05) is 0 Å². The smallest absolute Gasteiger partial charge is 0.0891 e. The maximum Gasteiger partial charge on any atom is 0.0891 e. The highest BCUT2D eigenvalue weighted by atomic mass is 16.3. The van der Waals surface area contributed by atoms with Crippen LogP contribution in [0.1, 0.15) is 40.8 Å². The van der Waals surface area contributed by atoms with Crippen molar-refractivity contribution in [2.75, 3.05) is 11.9 Å². The molecule has 0 saturated heterocycles. The van der Waals surface area contributed by atoms with E-state index in [9.17, 15) is 5.11 Å². The molecule has 0 bridgehead atoms. The number of aromatic nitrogens is 1. The van der Waals surface area contributed by atoms with Gasteiger partial charge >= 0.3 is 0 Å². The normalized spacial score (nSPS) is 15.0. The number of fused-ring (bicyclic) bond motifs is 3. The van der Waals surface area contributed by atoms with Gasteiger partial charge in [-0.1, -0.05) is 23.8 Å². The monoisotopic (exact) mass is 362 g/mol. The third-order valence-corrected chi connectivity index (χ3v) is 6.06. The number of aryl methyl sites for hydroxylation is 3. The minimum absolute atomic E-state index is 0.423.